The molecule has 0 aliphatic carbocycles. The average Bonchev–Trinajstić information content (AvgIpc) is 2.57. The molecule has 3 aromatic rings. The number of nitrogens with one attached hydrogen (secondary N) is 2. The van der Waals surface area contributed by atoms with E-state index in [0.717, 1.165) is 11.4 Å². The van der Waals surface area contributed by atoms with E-state index in [1.165, 1.54) is 5.56 Å². The van der Waals surface area contributed by atoms with Gasteiger partial charge in [-0.05, 0) is 31.5 Å². The first-order chi connectivity index (χ1) is 11.6. The summed E-state index contributed by atoms with van der Waals surface area (Å²) >= 11 is 6.20. The fraction of sp³-hybridized carbons (Fsp3) is 0.158. The largest absolute Gasteiger partial charge is 0.348 e. The van der Waals surface area contributed by atoms with Crippen LogP contribution in [0, 0.1) is 6.92 Å². The maximum atomic E-state index is 6.20. The van der Waals surface area contributed by atoms with Crippen molar-refractivity contribution in [3.05, 3.63) is 76.9 Å². The molecule has 4 nitrogen and oxygen atoms in total. The predicted octanol–water partition coefficient (Wildman–Crippen LogP) is 5.36. The predicted molar refractivity (Wildman–Crippen MR) is 100.0 cm³/mol. The van der Waals surface area contributed by atoms with E-state index in [1.54, 1.807) is 0 Å². The molecule has 1 atom stereocenters. The maximum Gasteiger partial charge on any atom is 0.225 e. The van der Waals surface area contributed by atoms with E-state index in [9.17, 15) is 0 Å². The van der Waals surface area contributed by atoms with Gasteiger partial charge in [0.15, 0.2) is 0 Å². The van der Waals surface area contributed by atoms with Gasteiger partial charge >= 0.3 is 0 Å². The number of hydrogen-bond acceptors (Lipinski definition) is 4. The van der Waals surface area contributed by atoms with Crippen molar-refractivity contribution in [3.8, 4) is 0 Å². The summed E-state index contributed by atoms with van der Waals surface area (Å²) in [6, 6.07) is 19.8. The van der Waals surface area contributed by atoms with Gasteiger partial charge < -0.3 is 10.6 Å². The van der Waals surface area contributed by atoms with Crippen LogP contribution in [0.25, 0.3) is 0 Å². The minimum Gasteiger partial charge on any atom is -0.348 e. The van der Waals surface area contributed by atoms with E-state index >= 15 is 0 Å². The van der Waals surface area contributed by atoms with Crippen LogP contribution >= 0.6 is 11.6 Å². The number of halogens is 1. The molecule has 1 unspecified atom stereocenters. The molecule has 122 valence electrons. The van der Waals surface area contributed by atoms with Crippen LogP contribution in [-0.2, 0) is 0 Å². The van der Waals surface area contributed by atoms with Crippen LogP contribution in [0.3, 0.4) is 0 Å². The minimum atomic E-state index is 0.112. The van der Waals surface area contributed by atoms with Gasteiger partial charge in [0.25, 0.3) is 0 Å². The van der Waals surface area contributed by atoms with Gasteiger partial charge in [-0.1, -0.05) is 54.1 Å². The number of hydrogen-bond donors (Lipinski definition) is 2. The molecular weight excluding hydrogens is 320 g/mol. The SMILES string of the molecule is Cc1cc(Nc2ccccc2Cl)nc(NC(C)c2ccccc2)n1. The van der Waals surface area contributed by atoms with Crippen molar-refractivity contribution in [2.45, 2.75) is 19.9 Å². The first kappa shape index (κ1) is 16.3. The number of aromatic nitrogens is 2. The molecule has 3 rings (SSSR count). The van der Waals surface area contributed by atoms with Gasteiger partial charge in [0.1, 0.15) is 5.82 Å². The van der Waals surface area contributed by atoms with E-state index in [0.29, 0.717) is 16.8 Å². The topological polar surface area (TPSA) is 49.8 Å². The van der Waals surface area contributed by atoms with Crippen LogP contribution in [0.5, 0.6) is 0 Å². The average molecular weight is 339 g/mol. The van der Waals surface area contributed by atoms with Gasteiger partial charge in [-0.25, -0.2) is 4.98 Å². The number of benzene rings is 2. The van der Waals surface area contributed by atoms with Crippen molar-refractivity contribution in [2.75, 3.05) is 10.6 Å². The Morgan fingerprint density at radius 3 is 2.42 bits per heavy atom. The van der Waals surface area contributed by atoms with Crippen LogP contribution in [0.15, 0.2) is 60.7 Å². The van der Waals surface area contributed by atoms with E-state index in [4.69, 9.17) is 11.6 Å². The standard InChI is InChI=1S/C19H19ClN4/c1-13-12-18(23-17-11-7-6-10-16(17)20)24-19(21-13)22-14(2)15-8-4-3-5-9-15/h3-12,14H,1-2H3,(H2,21,22,23,24). The van der Waals surface area contributed by atoms with E-state index in [2.05, 4.69) is 39.7 Å². The molecule has 0 spiro atoms. The Morgan fingerprint density at radius 1 is 0.958 bits per heavy atom. The first-order valence-corrected chi connectivity index (χ1v) is 8.18. The Kier molecular flexibility index (Phi) is 4.96. The number of aryl methyl sites for hydroxylation is 1. The molecule has 2 aromatic carbocycles. The van der Waals surface area contributed by atoms with Crippen molar-refractivity contribution >= 4 is 29.1 Å². The van der Waals surface area contributed by atoms with Crippen molar-refractivity contribution in [3.63, 3.8) is 0 Å². The fourth-order valence-corrected chi connectivity index (χ4v) is 2.60. The Balaban J connectivity index is 1.80. The third kappa shape index (κ3) is 4.03. The number of anilines is 3. The molecule has 24 heavy (non-hydrogen) atoms. The number of rotatable bonds is 5. The summed E-state index contributed by atoms with van der Waals surface area (Å²) in [7, 11) is 0. The van der Waals surface area contributed by atoms with Gasteiger partial charge in [0.2, 0.25) is 5.95 Å². The molecule has 0 saturated carbocycles. The summed E-state index contributed by atoms with van der Waals surface area (Å²) in [4.78, 5) is 9.01. The number of nitrogens with zero attached hydrogens (tertiary/aromatic N) is 2. The summed E-state index contributed by atoms with van der Waals surface area (Å²) in [5.41, 5.74) is 2.88. The second kappa shape index (κ2) is 7.32. The van der Waals surface area contributed by atoms with Crippen LogP contribution in [0.1, 0.15) is 24.2 Å². The van der Waals surface area contributed by atoms with Crippen molar-refractivity contribution in [1.82, 2.24) is 9.97 Å². The molecule has 0 radical (unpaired) electrons. The summed E-state index contributed by atoms with van der Waals surface area (Å²) in [5, 5.41) is 7.24. The Morgan fingerprint density at radius 2 is 1.67 bits per heavy atom. The highest BCUT2D eigenvalue weighted by molar-refractivity contribution is 6.33. The third-order valence-corrected chi connectivity index (χ3v) is 3.97. The van der Waals surface area contributed by atoms with Crippen LogP contribution in [0.2, 0.25) is 5.02 Å². The fourth-order valence-electron chi connectivity index (χ4n) is 2.42. The van der Waals surface area contributed by atoms with Gasteiger partial charge in [-0.2, -0.15) is 4.98 Å². The number of para-hydroxylation sites is 1. The van der Waals surface area contributed by atoms with E-state index < -0.39 is 0 Å². The highest BCUT2D eigenvalue weighted by Crippen LogP contribution is 2.25. The molecule has 5 heteroatoms. The van der Waals surface area contributed by atoms with Gasteiger partial charge in [0.05, 0.1) is 16.8 Å². The van der Waals surface area contributed by atoms with Crippen molar-refractivity contribution < 1.29 is 0 Å². The summed E-state index contributed by atoms with van der Waals surface area (Å²) in [6.07, 6.45) is 0. The molecular formula is C19H19ClN4. The molecule has 0 bridgehead atoms. The quantitative estimate of drug-likeness (QED) is 0.658. The lowest BCUT2D eigenvalue weighted by molar-refractivity contribution is 0.858. The summed E-state index contributed by atoms with van der Waals surface area (Å²) < 4.78 is 0. The molecule has 0 aliphatic heterocycles. The van der Waals surface area contributed by atoms with Crippen LogP contribution in [-0.4, -0.2) is 9.97 Å². The van der Waals surface area contributed by atoms with Gasteiger partial charge in [0, 0.05) is 11.8 Å². The third-order valence-electron chi connectivity index (χ3n) is 3.64. The maximum absolute atomic E-state index is 6.20. The molecule has 0 amide bonds. The molecule has 1 heterocycles. The smallest absolute Gasteiger partial charge is 0.225 e. The first-order valence-electron chi connectivity index (χ1n) is 7.80. The molecule has 1 aromatic heterocycles. The van der Waals surface area contributed by atoms with Crippen LogP contribution < -0.4 is 10.6 Å². The van der Waals surface area contributed by atoms with E-state index in [1.807, 2.05) is 55.5 Å². The van der Waals surface area contributed by atoms with Gasteiger partial charge in [-0.15, -0.1) is 0 Å². The van der Waals surface area contributed by atoms with Crippen LogP contribution in [0.4, 0.5) is 17.5 Å². The lowest BCUT2D eigenvalue weighted by atomic mass is 10.1. The molecule has 0 saturated heterocycles. The lowest BCUT2D eigenvalue weighted by Gasteiger charge is -2.16. The zero-order chi connectivity index (χ0) is 16.9. The molecule has 2 N–H and O–H groups in total. The minimum absolute atomic E-state index is 0.112. The highest BCUT2D eigenvalue weighted by atomic mass is 35.5. The zero-order valence-electron chi connectivity index (χ0n) is 13.6. The van der Waals surface area contributed by atoms with Crippen molar-refractivity contribution in [1.29, 1.82) is 0 Å². The molecule has 0 fully saturated rings. The second-order valence-corrected chi connectivity index (χ2v) is 6.01. The lowest BCUT2D eigenvalue weighted by Crippen LogP contribution is -2.10. The van der Waals surface area contributed by atoms with Crippen molar-refractivity contribution in [2.24, 2.45) is 0 Å². The summed E-state index contributed by atoms with van der Waals surface area (Å²) in [6.45, 7) is 4.03. The monoisotopic (exact) mass is 338 g/mol. The summed E-state index contributed by atoms with van der Waals surface area (Å²) in [5.74, 6) is 1.29. The Labute approximate surface area is 146 Å². The second-order valence-electron chi connectivity index (χ2n) is 5.60. The highest BCUT2D eigenvalue weighted by Gasteiger charge is 2.09. The zero-order valence-corrected chi connectivity index (χ0v) is 14.4. The Bertz CT molecular complexity index is 821. The molecule has 0 aliphatic rings. The van der Waals surface area contributed by atoms with E-state index in [-0.39, 0.29) is 6.04 Å². The normalized spacial score (nSPS) is 11.8. The van der Waals surface area contributed by atoms with Gasteiger partial charge in [-0.3, -0.25) is 0 Å². The Hall–Kier alpha value is -2.59.